The van der Waals surface area contributed by atoms with Crippen LogP contribution in [0.3, 0.4) is 0 Å². The van der Waals surface area contributed by atoms with Crippen LogP contribution >= 0.6 is 35.0 Å². The Morgan fingerprint density at radius 3 is 2.64 bits per heavy atom. The Bertz CT molecular complexity index is 879. The normalized spacial score (nSPS) is 11.1. The largest absolute Gasteiger partial charge is 0.334 e. The van der Waals surface area contributed by atoms with Crippen LogP contribution in [0.5, 0.6) is 0 Å². The number of hydrogen-bond acceptors (Lipinski definition) is 6. The van der Waals surface area contributed by atoms with Crippen LogP contribution in [-0.2, 0) is 5.75 Å². The van der Waals surface area contributed by atoms with Crippen molar-refractivity contribution < 1.29 is 0 Å². The van der Waals surface area contributed by atoms with Gasteiger partial charge in [0.15, 0.2) is 0 Å². The minimum Gasteiger partial charge on any atom is -0.334 e. The summed E-state index contributed by atoms with van der Waals surface area (Å²) in [6, 6.07) is 14.9. The topological polar surface area (TPSA) is 81.1 Å². The Morgan fingerprint density at radius 2 is 1.88 bits per heavy atom. The van der Waals surface area contributed by atoms with Gasteiger partial charge in [0.2, 0.25) is 5.16 Å². The first-order valence-corrected chi connectivity index (χ1v) is 8.99. The van der Waals surface area contributed by atoms with Crippen LogP contribution in [0.25, 0.3) is 0 Å². The highest BCUT2D eigenvalue weighted by Gasteiger charge is 2.10. The molecule has 0 aliphatic heterocycles. The van der Waals surface area contributed by atoms with E-state index in [1.165, 1.54) is 16.4 Å². The molecule has 0 unspecified atom stereocenters. The van der Waals surface area contributed by atoms with Crippen molar-refractivity contribution in [3.8, 4) is 0 Å². The minimum absolute atomic E-state index is 0.340. The molecule has 1 aromatic heterocycles. The van der Waals surface area contributed by atoms with Gasteiger partial charge in [-0.2, -0.15) is 5.10 Å². The van der Waals surface area contributed by atoms with Crippen molar-refractivity contribution in [3.05, 3.63) is 69.7 Å². The minimum atomic E-state index is 0.340. The molecule has 0 saturated carbocycles. The number of thioether (sulfide) groups is 1. The standard InChI is InChI=1S/C16H14Cl2N6S/c17-13-7-5-11(6-8-13)9-20-21-15-22-23-16(24(15)19)25-10-12-3-1-2-4-14(12)18/h1-9H,10,19H2,(H,21,22)/b20-9+. The number of aromatic nitrogens is 3. The molecule has 0 aliphatic rings. The number of nitrogens with two attached hydrogens (primary N) is 1. The first-order chi connectivity index (χ1) is 12.1. The number of hydrazone groups is 1. The number of halogens is 2. The maximum absolute atomic E-state index is 6.14. The number of rotatable bonds is 6. The number of nitrogen functional groups attached to an aromatic ring is 1. The molecule has 6 nitrogen and oxygen atoms in total. The molecule has 25 heavy (non-hydrogen) atoms. The summed E-state index contributed by atoms with van der Waals surface area (Å²) in [5, 5.41) is 14.1. The second-order valence-corrected chi connectivity index (χ2v) is 6.76. The van der Waals surface area contributed by atoms with E-state index < -0.39 is 0 Å². The fourth-order valence-electron chi connectivity index (χ4n) is 1.92. The average Bonchev–Trinajstić information content (AvgIpc) is 2.96. The zero-order valence-electron chi connectivity index (χ0n) is 12.9. The lowest BCUT2D eigenvalue weighted by Crippen LogP contribution is -2.13. The highest BCUT2D eigenvalue weighted by Crippen LogP contribution is 2.25. The van der Waals surface area contributed by atoms with E-state index in [0.717, 1.165) is 11.1 Å². The van der Waals surface area contributed by atoms with Crippen molar-refractivity contribution in [1.82, 2.24) is 14.9 Å². The smallest absolute Gasteiger partial charge is 0.264 e. The fourth-order valence-corrected chi connectivity index (χ4v) is 3.19. The molecule has 3 rings (SSSR count). The van der Waals surface area contributed by atoms with Crippen molar-refractivity contribution >= 4 is 47.1 Å². The van der Waals surface area contributed by atoms with Gasteiger partial charge in [0.25, 0.3) is 5.95 Å². The zero-order chi connectivity index (χ0) is 17.6. The van der Waals surface area contributed by atoms with Gasteiger partial charge in [-0.25, -0.2) is 10.1 Å². The summed E-state index contributed by atoms with van der Waals surface area (Å²) < 4.78 is 1.35. The number of anilines is 1. The van der Waals surface area contributed by atoms with Crippen LogP contribution in [0.4, 0.5) is 5.95 Å². The molecule has 9 heteroatoms. The predicted molar refractivity (Wildman–Crippen MR) is 104 cm³/mol. The molecule has 1 heterocycles. The van der Waals surface area contributed by atoms with Crippen LogP contribution in [0, 0.1) is 0 Å². The highest BCUT2D eigenvalue weighted by molar-refractivity contribution is 7.98. The van der Waals surface area contributed by atoms with Gasteiger partial charge in [0, 0.05) is 15.8 Å². The third-order valence-electron chi connectivity index (χ3n) is 3.23. The Hall–Kier alpha value is -2.22. The second kappa shape index (κ2) is 8.24. The summed E-state index contributed by atoms with van der Waals surface area (Å²) in [7, 11) is 0. The zero-order valence-corrected chi connectivity index (χ0v) is 15.3. The Balaban J connectivity index is 1.61. The van der Waals surface area contributed by atoms with Gasteiger partial charge in [-0.05, 0) is 29.3 Å². The SMILES string of the molecule is Nn1c(N/N=C/c2ccc(Cl)cc2)nnc1SCc1ccccc1Cl. The van der Waals surface area contributed by atoms with Crippen LogP contribution in [0.1, 0.15) is 11.1 Å². The molecule has 128 valence electrons. The molecule has 0 aliphatic carbocycles. The van der Waals surface area contributed by atoms with E-state index in [0.29, 0.717) is 26.9 Å². The maximum atomic E-state index is 6.14. The van der Waals surface area contributed by atoms with E-state index in [4.69, 9.17) is 29.0 Å². The summed E-state index contributed by atoms with van der Waals surface area (Å²) in [4.78, 5) is 0. The van der Waals surface area contributed by atoms with E-state index in [1.54, 1.807) is 18.3 Å². The number of nitrogens with one attached hydrogen (secondary N) is 1. The summed E-state index contributed by atoms with van der Waals surface area (Å²) in [5.41, 5.74) is 4.67. The lowest BCUT2D eigenvalue weighted by atomic mass is 10.2. The quantitative estimate of drug-likeness (QED) is 0.286. The van der Waals surface area contributed by atoms with Gasteiger partial charge in [-0.3, -0.25) is 0 Å². The van der Waals surface area contributed by atoms with E-state index in [9.17, 15) is 0 Å². The molecule has 3 aromatic rings. The van der Waals surface area contributed by atoms with Crippen molar-refractivity contribution in [2.75, 3.05) is 11.3 Å². The summed E-state index contributed by atoms with van der Waals surface area (Å²) in [6.07, 6.45) is 1.64. The van der Waals surface area contributed by atoms with Gasteiger partial charge in [-0.15, -0.1) is 10.2 Å². The predicted octanol–water partition coefficient (Wildman–Crippen LogP) is 4.04. The van der Waals surface area contributed by atoms with E-state index in [2.05, 4.69) is 20.7 Å². The summed E-state index contributed by atoms with van der Waals surface area (Å²) in [5.74, 6) is 6.97. The lowest BCUT2D eigenvalue weighted by Gasteiger charge is -2.04. The van der Waals surface area contributed by atoms with Crippen LogP contribution in [0.2, 0.25) is 10.0 Å². The Morgan fingerprint density at radius 1 is 1.12 bits per heavy atom. The lowest BCUT2D eigenvalue weighted by molar-refractivity contribution is 0.847. The van der Waals surface area contributed by atoms with E-state index in [-0.39, 0.29) is 0 Å². The average molecular weight is 393 g/mol. The molecule has 0 amide bonds. The summed E-state index contributed by atoms with van der Waals surface area (Å²) in [6.45, 7) is 0. The number of hydrogen-bond donors (Lipinski definition) is 2. The van der Waals surface area contributed by atoms with E-state index in [1.807, 2.05) is 36.4 Å². The molecule has 0 fully saturated rings. The number of nitrogens with zero attached hydrogens (tertiary/aromatic N) is 4. The van der Waals surface area contributed by atoms with Gasteiger partial charge >= 0.3 is 0 Å². The van der Waals surface area contributed by atoms with Gasteiger partial charge in [0.1, 0.15) is 0 Å². The first kappa shape index (κ1) is 17.6. The molecule has 3 N–H and O–H groups in total. The molecule has 0 atom stereocenters. The molecular weight excluding hydrogens is 379 g/mol. The number of benzene rings is 2. The van der Waals surface area contributed by atoms with Crippen LogP contribution in [-0.4, -0.2) is 21.1 Å². The second-order valence-electron chi connectivity index (χ2n) is 4.98. The van der Waals surface area contributed by atoms with Gasteiger partial charge in [-0.1, -0.05) is 65.3 Å². The van der Waals surface area contributed by atoms with Crippen LogP contribution < -0.4 is 11.3 Å². The molecule has 2 aromatic carbocycles. The van der Waals surface area contributed by atoms with Crippen molar-refractivity contribution in [3.63, 3.8) is 0 Å². The maximum Gasteiger partial charge on any atom is 0.264 e. The van der Waals surface area contributed by atoms with Crippen molar-refractivity contribution in [2.45, 2.75) is 10.9 Å². The van der Waals surface area contributed by atoms with Gasteiger partial charge in [0.05, 0.1) is 6.21 Å². The molecule has 0 bridgehead atoms. The highest BCUT2D eigenvalue weighted by atomic mass is 35.5. The summed E-state index contributed by atoms with van der Waals surface area (Å²) >= 11 is 13.4. The van der Waals surface area contributed by atoms with Crippen molar-refractivity contribution in [1.29, 1.82) is 0 Å². The van der Waals surface area contributed by atoms with E-state index >= 15 is 0 Å². The fraction of sp³-hybridized carbons (Fsp3) is 0.0625. The first-order valence-electron chi connectivity index (χ1n) is 7.25. The Labute approximate surface area is 159 Å². The monoisotopic (exact) mass is 392 g/mol. The van der Waals surface area contributed by atoms with Gasteiger partial charge < -0.3 is 5.84 Å². The van der Waals surface area contributed by atoms with Crippen LogP contribution in [0.15, 0.2) is 58.8 Å². The third kappa shape index (κ3) is 4.66. The molecule has 0 spiro atoms. The Kier molecular flexibility index (Phi) is 5.80. The molecular formula is C16H14Cl2N6S. The van der Waals surface area contributed by atoms with Crippen molar-refractivity contribution in [2.24, 2.45) is 5.10 Å². The molecule has 0 saturated heterocycles. The third-order valence-corrected chi connectivity index (χ3v) is 4.84. The molecule has 0 radical (unpaired) electrons.